The maximum absolute atomic E-state index is 13.4. The highest BCUT2D eigenvalue weighted by Crippen LogP contribution is 2.39. The molecule has 0 radical (unpaired) electrons. The zero-order chi connectivity index (χ0) is 28.8. The van der Waals surface area contributed by atoms with Crippen LogP contribution in [0, 0.1) is 0 Å². The van der Waals surface area contributed by atoms with Gasteiger partial charge in [-0.15, -0.1) is 0 Å². The summed E-state index contributed by atoms with van der Waals surface area (Å²) in [6.45, 7) is 1.94. The van der Waals surface area contributed by atoms with E-state index in [4.69, 9.17) is 24.7 Å². The summed E-state index contributed by atoms with van der Waals surface area (Å²) >= 11 is 0. The third-order valence-electron chi connectivity index (χ3n) is 7.05. The number of piperidine rings is 1. The summed E-state index contributed by atoms with van der Waals surface area (Å²) in [5, 5.41) is 4.17. The van der Waals surface area contributed by atoms with Gasteiger partial charge in [0.2, 0.25) is 0 Å². The van der Waals surface area contributed by atoms with Gasteiger partial charge < -0.3 is 34.9 Å². The molecule has 3 aromatic carbocycles. The van der Waals surface area contributed by atoms with Crippen molar-refractivity contribution in [3.63, 3.8) is 0 Å². The van der Waals surface area contributed by atoms with E-state index >= 15 is 0 Å². The Bertz CT molecular complexity index is 1490. The van der Waals surface area contributed by atoms with Gasteiger partial charge >= 0.3 is 0 Å². The van der Waals surface area contributed by atoms with Gasteiger partial charge in [-0.2, -0.15) is 0 Å². The number of nitrogens with zero attached hydrogens (tertiary/aromatic N) is 2. The fourth-order valence-corrected chi connectivity index (χ4v) is 4.81. The minimum atomic E-state index is -2.54. The van der Waals surface area contributed by atoms with E-state index in [9.17, 15) is 8.78 Å². The Morgan fingerprint density at radius 2 is 1.68 bits per heavy atom. The van der Waals surface area contributed by atoms with Crippen molar-refractivity contribution >= 4 is 28.0 Å². The Morgan fingerprint density at radius 1 is 0.927 bits per heavy atom. The third kappa shape index (κ3) is 6.89. The van der Waals surface area contributed by atoms with Crippen LogP contribution in [-0.4, -0.2) is 56.3 Å². The second-order valence-corrected chi connectivity index (χ2v) is 9.91. The number of nitrogens with one attached hydrogen (secondary N) is 1. The smallest absolute Gasteiger partial charge is 0.250 e. The number of likely N-dealkylation sites (tertiary alicyclic amines) is 1. The van der Waals surface area contributed by atoms with Crippen LogP contribution in [0.5, 0.6) is 28.7 Å². The number of para-hydroxylation sites is 2. The fourth-order valence-electron chi connectivity index (χ4n) is 4.81. The number of rotatable bonds is 11. The molecule has 216 valence electrons. The predicted octanol–water partition coefficient (Wildman–Crippen LogP) is 6.87. The molecule has 0 spiro atoms. The van der Waals surface area contributed by atoms with Gasteiger partial charge in [-0.25, -0.2) is 8.78 Å². The van der Waals surface area contributed by atoms with Crippen LogP contribution in [0.25, 0.3) is 10.9 Å². The van der Waals surface area contributed by atoms with E-state index in [-0.39, 0.29) is 12.8 Å². The van der Waals surface area contributed by atoms with Crippen LogP contribution in [0.15, 0.2) is 66.9 Å². The topological polar surface area (TPSA) is 91.1 Å². The summed E-state index contributed by atoms with van der Waals surface area (Å²) in [4.78, 5) is 6.56. The lowest BCUT2D eigenvalue weighted by Gasteiger charge is -2.31. The largest absolute Gasteiger partial charge is 0.493 e. The summed E-state index contributed by atoms with van der Waals surface area (Å²) < 4.78 is 49.9. The number of benzene rings is 3. The molecule has 1 fully saturated rings. The number of hydrogen-bond acceptors (Lipinski definition) is 8. The molecule has 0 saturated carbocycles. The van der Waals surface area contributed by atoms with Gasteiger partial charge in [0.25, 0.3) is 5.92 Å². The Balaban J connectivity index is 1.30. The normalized spacial score (nSPS) is 14.9. The van der Waals surface area contributed by atoms with Crippen LogP contribution in [0.1, 0.15) is 19.3 Å². The summed E-state index contributed by atoms with van der Waals surface area (Å²) in [5.41, 5.74) is 8.95. The average molecular weight is 565 g/mol. The van der Waals surface area contributed by atoms with Gasteiger partial charge in [-0.05, 0) is 36.8 Å². The molecule has 0 unspecified atom stereocenters. The molecule has 1 aromatic heterocycles. The zero-order valence-corrected chi connectivity index (χ0v) is 23.2. The maximum Gasteiger partial charge on any atom is 0.250 e. The van der Waals surface area contributed by atoms with E-state index < -0.39 is 5.92 Å². The van der Waals surface area contributed by atoms with Crippen molar-refractivity contribution in [3.05, 3.63) is 66.9 Å². The molecule has 0 aliphatic carbocycles. The molecule has 4 aromatic rings. The summed E-state index contributed by atoms with van der Waals surface area (Å²) in [6.07, 6.45) is 2.14. The highest BCUT2D eigenvalue weighted by molar-refractivity contribution is 6.00. The van der Waals surface area contributed by atoms with E-state index in [1.807, 2.05) is 60.7 Å². The summed E-state index contributed by atoms with van der Waals surface area (Å²) in [6, 6.07) is 18.6. The first-order valence-electron chi connectivity index (χ1n) is 13.5. The number of alkyl halides is 2. The van der Waals surface area contributed by atoms with Gasteiger partial charge in [0.1, 0.15) is 5.75 Å². The number of ether oxygens (including phenoxy) is 4. The number of anilines is 3. The van der Waals surface area contributed by atoms with E-state index in [1.165, 1.54) is 0 Å². The molecule has 0 atom stereocenters. The number of hydrogen-bond donors (Lipinski definition) is 2. The maximum atomic E-state index is 13.4. The molecule has 0 bridgehead atoms. The second kappa shape index (κ2) is 12.5. The van der Waals surface area contributed by atoms with E-state index in [2.05, 4.69) is 15.2 Å². The molecular formula is C31H34F2N4O4. The lowest BCUT2D eigenvalue weighted by Crippen LogP contribution is -2.40. The number of pyridine rings is 1. The highest BCUT2D eigenvalue weighted by Gasteiger charge is 2.33. The molecule has 2 heterocycles. The summed E-state index contributed by atoms with van der Waals surface area (Å²) in [5.74, 6) is 0.428. The molecule has 8 nitrogen and oxygen atoms in total. The standard InChI is InChI=1S/C31H34F2N4O4/c1-38-26-9-3-4-10-27(26)41-22-8-5-7-21(17-22)36-30-23-18-28(39-2)29(19-25(23)35-20-24(30)34)40-16-6-13-37-14-11-31(32,33)12-15-37/h3-5,7-10,17-20H,6,11-16,34H2,1-2H3,(H,35,36). The van der Waals surface area contributed by atoms with Crippen molar-refractivity contribution in [1.82, 2.24) is 9.88 Å². The molecule has 3 N–H and O–H groups in total. The Kier molecular flexibility index (Phi) is 8.58. The Hall–Kier alpha value is -4.31. The van der Waals surface area contributed by atoms with Gasteiger partial charge in [-0.3, -0.25) is 4.98 Å². The zero-order valence-electron chi connectivity index (χ0n) is 23.2. The van der Waals surface area contributed by atoms with E-state index in [1.54, 1.807) is 20.4 Å². The van der Waals surface area contributed by atoms with Crippen LogP contribution >= 0.6 is 0 Å². The monoisotopic (exact) mass is 564 g/mol. The number of nitrogens with two attached hydrogens (primary N) is 1. The molecule has 1 aliphatic heterocycles. The highest BCUT2D eigenvalue weighted by atomic mass is 19.3. The van der Waals surface area contributed by atoms with Crippen molar-refractivity contribution in [3.8, 4) is 28.7 Å². The van der Waals surface area contributed by atoms with Crippen molar-refractivity contribution in [1.29, 1.82) is 0 Å². The number of fused-ring (bicyclic) bond motifs is 1. The minimum absolute atomic E-state index is 0.0867. The quantitative estimate of drug-likeness (QED) is 0.191. The van der Waals surface area contributed by atoms with Gasteiger partial charge in [0, 0.05) is 55.7 Å². The summed E-state index contributed by atoms with van der Waals surface area (Å²) in [7, 11) is 3.18. The van der Waals surface area contributed by atoms with E-state index in [0.29, 0.717) is 78.3 Å². The van der Waals surface area contributed by atoms with Crippen LogP contribution in [0.4, 0.5) is 25.8 Å². The lowest BCUT2D eigenvalue weighted by atomic mass is 10.1. The number of nitrogen functional groups attached to an aromatic ring is 1. The van der Waals surface area contributed by atoms with Crippen molar-refractivity contribution in [2.24, 2.45) is 0 Å². The average Bonchev–Trinajstić information content (AvgIpc) is 2.97. The number of methoxy groups -OCH3 is 2. The van der Waals surface area contributed by atoms with E-state index in [0.717, 1.165) is 11.1 Å². The first kappa shape index (κ1) is 28.2. The fraction of sp³-hybridized carbons (Fsp3) is 0.323. The van der Waals surface area contributed by atoms with Crippen molar-refractivity contribution < 1.29 is 27.7 Å². The van der Waals surface area contributed by atoms with Crippen molar-refractivity contribution in [2.75, 3.05) is 51.5 Å². The van der Waals surface area contributed by atoms with Gasteiger partial charge in [0.15, 0.2) is 23.0 Å². The first-order chi connectivity index (χ1) is 19.8. The predicted molar refractivity (Wildman–Crippen MR) is 156 cm³/mol. The first-order valence-corrected chi connectivity index (χ1v) is 13.5. The SMILES string of the molecule is COc1cc2c(Nc3cccc(Oc4ccccc4OC)c3)c(N)cnc2cc1OCCCN1CCC(F)(F)CC1. The minimum Gasteiger partial charge on any atom is -0.493 e. The molecule has 10 heteroatoms. The van der Waals surface area contributed by atoms with Crippen LogP contribution < -0.4 is 30.0 Å². The molecule has 1 saturated heterocycles. The Morgan fingerprint density at radius 3 is 2.44 bits per heavy atom. The lowest BCUT2D eigenvalue weighted by molar-refractivity contribution is -0.0554. The Labute approximate surface area is 238 Å². The molecular weight excluding hydrogens is 530 g/mol. The van der Waals surface area contributed by atoms with Crippen LogP contribution in [-0.2, 0) is 0 Å². The molecule has 41 heavy (non-hydrogen) atoms. The van der Waals surface area contributed by atoms with Crippen LogP contribution in [0.3, 0.4) is 0 Å². The molecule has 1 aliphatic rings. The van der Waals surface area contributed by atoms with Gasteiger partial charge in [-0.1, -0.05) is 18.2 Å². The second-order valence-electron chi connectivity index (χ2n) is 9.91. The molecule has 5 rings (SSSR count). The molecule has 0 amide bonds. The number of halogens is 2. The third-order valence-corrected chi connectivity index (χ3v) is 7.05. The van der Waals surface area contributed by atoms with Gasteiger partial charge in [0.05, 0.1) is 43.9 Å². The number of aromatic nitrogens is 1. The van der Waals surface area contributed by atoms with Crippen LogP contribution in [0.2, 0.25) is 0 Å². The van der Waals surface area contributed by atoms with Crippen molar-refractivity contribution in [2.45, 2.75) is 25.2 Å².